The van der Waals surface area contributed by atoms with Crippen LogP contribution < -0.4 is 10.6 Å². The first-order valence-electron chi connectivity index (χ1n) is 9.96. The second kappa shape index (κ2) is 7.21. The van der Waals surface area contributed by atoms with Gasteiger partial charge in [-0.25, -0.2) is 4.98 Å². The lowest BCUT2D eigenvalue weighted by Crippen LogP contribution is -2.35. The van der Waals surface area contributed by atoms with Crippen LogP contribution in [0.4, 0.5) is 19.1 Å². The van der Waals surface area contributed by atoms with E-state index in [9.17, 15) is 18.3 Å². The second-order valence-electron chi connectivity index (χ2n) is 7.94. The van der Waals surface area contributed by atoms with E-state index in [1.807, 2.05) is 6.07 Å². The van der Waals surface area contributed by atoms with Gasteiger partial charge in [-0.1, -0.05) is 18.2 Å². The molecule has 2 fully saturated rings. The normalized spacial score (nSPS) is 22.0. The van der Waals surface area contributed by atoms with Gasteiger partial charge in [-0.15, -0.1) is 10.2 Å². The van der Waals surface area contributed by atoms with Crippen LogP contribution in [0.1, 0.15) is 36.3 Å². The van der Waals surface area contributed by atoms with E-state index in [-0.39, 0.29) is 11.6 Å². The Morgan fingerprint density at radius 1 is 1.20 bits per heavy atom. The van der Waals surface area contributed by atoms with Gasteiger partial charge in [-0.05, 0) is 42.9 Å². The van der Waals surface area contributed by atoms with Gasteiger partial charge in [0.15, 0.2) is 0 Å². The molecule has 1 saturated carbocycles. The Bertz CT molecular complexity index is 1080. The summed E-state index contributed by atoms with van der Waals surface area (Å²) in [5, 5.41) is 24.5. The molecule has 10 heteroatoms. The Kier molecular flexibility index (Phi) is 4.62. The van der Waals surface area contributed by atoms with E-state index in [4.69, 9.17) is 0 Å². The zero-order valence-corrected chi connectivity index (χ0v) is 16.0. The molecule has 158 valence electrons. The molecule has 0 radical (unpaired) electrons. The number of hydrogen-bond acceptors (Lipinski definition) is 6. The molecule has 1 aromatic carbocycles. The van der Waals surface area contributed by atoms with Crippen LogP contribution in [0.2, 0.25) is 0 Å². The van der Waals surface area contributed by atoms with Crippen molar-refractivity contribution in [2.45, 2.75) is 50.0 Å². The first-order chi connectivity index (χ1) is 14.4. The Morgan fingerprint density at radius 2 is 2.03 bits per heavy atom. The van der Waals surface area contributed by atoms with Crippen LogP contribution in [0.3, 0.4) is 0 Å². The highest BCUT2D eigenvalue weighted by Gasteiger charge is 2.32. The smallest absolute Gasteiger partial charge is 0.376 e. The van der Waals surface area contributed by atoms with Crippen LogP contribution in [-0.2, 0) is 6.42 Å². The molecule has 0 bridgehead atoms. The lowest BCUT2D eigenvalue weighted by Gasteiger charge is -2.18. The summed E-state index contributed by atoms with van der Waals surface area (Å²) in [5.74, 6) is 0.733. The van der Waals surface area contributed by atoms with Gasteiger partial charge in [0, 0.05) is 5.56 Å². The summed E-state index contributed by atoms with van der Waals surface area (Å²) in [6.45, 7) is 0.672. The van der Waals surface area contributed by atoms with Gasteiger partial charge in [0.25, 0.3) is 0 Å². The number of aliphatic hydroxyl groups excluding tert-OH is 1. The third-order valence-corrected chi connectivity index (χ3v) is 5.68. The quantitative estimate of drug-likeness (QED) is 0.591. The van der Waals surface area contributed by atoms with Crippen molar-refractivity contribution in [2.24, 2.45) is 0 Å². The van der Waals surface area contributed by atoms with Gasteiger partial charge in [0.05, 0.1) is 24.2 Å². The van der Waals surface area contributed by atoms with Gasteiger partial charge in [0.2, 0.25) is 5.95 Å². The third-order valence-electron chi connectivity index (χ3n) is 5.68. The largest absolute Gasteiger partial charge is 0.393 e. The van der Waals surface area contributed by atoms with Crippen molar-refractivity contribution in [1.82, 2.24) is 24.9 Å². The number of rotatable bonds is 5. The molecule has 2 aliphatic rings. The molecule has 0 spiro atoms. The number of benzene rings is 1. The molecule has 1 aliphatic carbocycles. The first-order valence-corrected chi connectivity index (χ1v) is 9.96. The highest BCUT2D eigenvalue weighted by Crippen LogP contribution is 2.42. The number of aliphatic hydroxyl groups is 1. The molecule has 1 aliphatic heterocycles. The molecule has 1 saturated heterocycles. The van der Waals surface area contributed by atoms with Gasteiger partial charge >= 0.3 is 6.18 Å². The van der Waals surface area contributed by atoms with Crippen LogP contribution >= 0.6 is 0 Å². The molecule has 5 rings (SSSR count). The van der Waals surface area contributed by atoms with Gasteiger partial charge in [-0.2, -0.15) is 13.2 Å². The minimum atomic E-state index is -4.33. The average molecular weight is 418 g/mol. The number of fused-ring (bicyclic) bond motifs is 1. The fourth-order valence-electron chi connectivity index (χ4n) is 4.01. The van der Waals surface area contributed by atoms with Crippen LogP contribution in [0.15, 0.2) is 30.7 Å². The second-order valence-corrected chi connectivity index (χ2v) is 7.94. The fraction of sp³-hybridized carbons (Fsp3) is 0.450. The van der Waals surface area contributed by atoms with E-state index in [1.54, 1.807) is 22.7 Å². The molecule has 3 N–H and O–H groups in total. The number of nitrogens with zero attached hydrogens (tertiary/aromatic N) is 4. The molecular weight excluding hydrogens is 397 g/mol. The van der Waals surface area contributed by atoms with Crippen molar-refractivity contribution in [3.63, 3.8) is 0 Å². The molecule has 7 nitrogen and oxygen atoms in total. The van der Waals surface area contributed by atoms with Crippen molar-refractivity contribution in [1.29, 1.82) is 0 Å². The van der Waals surface area contributed by atoms with E-state index in [0.29, 0.717) is 41.6 Å². The van der Waals surface area contributed by atoms with E-state index >= 15 is 0 Å². The van der Waals surface area contributed by atoms with E-state index in [2.05, 4.69) is 25.8 Å². The molecule has 3 aromatic rings. The number of imidazole rings is 1. The zero-order chi connectivity index (χ0) is 20.9. The van der Waals surface area contributed by atoms with Crippen LogP contribution in [0, 0.1) is 0 Å². The number of anilines is 1. The van der Waals surface area contributed by atoms with Crippen LogP contribution in [0.5, 0.6) is 0 Å². The average Bonchev–Trinajstić information content (AvgIpc) is 3.28. The molecule has 30 heavy (non-hydrogen) atoms. The molecule has 2 unspecified atom stereocenters. The van der Waals surface area contributed by atoms with Crippen LogP contribution in [-0.4, -0.2) is 49.7 Å². The number of hydrogen-bond donors (Lipinski definition) is 3. The predicted molar refractivity (Wildman–Crippen MR) is 104 cm³/mol. The highest BCUT2D eigenvalue weighted by molar-refractivity contribution is 5.79. The Labute approximate surface area is 170 Å². The minimum Gasteiger partial charge on any atom is -0.376 e. The Hall–Kier alpha value is -2.72. The molecular formula is C20H21F3N6O. The molecule has 3 heterocycles. The monoisotopic (exact) mass is 418 g/mol. The lowest BCUT2D eigenvalue weighted by molar-refractivity contribution is -0.127. The third kappa shape index (κ3) is 3.72. The van der Waals surface area contributed by atoms with Crippen molar-refractivity contribution >= 4 is 11.5 Å². The molecule has 2 aromatic heterocycles. The number of alkyl halides is 3. The summed E-state index contributed by atoms with van der Waals surface area (Å²) in [5.41, 5.74) is 2.45. The fourth-order valence-corrected chi connectivity index (χ4v) is 4.01. The van der Waals surface area contributed by atoms with E-state index in [1.165, 1.54) is 6.33 Å². The summed E-state index contributed by atoms with van der Waals surface area (Å²) in [6, 6.07) is 5.01. The maximum absolute atomic E-state index is 13.3. The van der Waals surface area contributed by atoms with E-state index in [0.717, 1.165) is 18.4 Å². The van der Waals surface area contributed by atoms with Crippen molar-refractivity contribution < 1.29 is 18.3 Å². The number of nitrogens with one attached hydrogen (secondary N) is 2. The van der Waals surface area contributed by atoms with Crippen molar-refractivity contribution in [2.75, 3.05) is 11.9 Å². The summed E-state index contributed by atoms with van der Waals surface area (Å²) in [4.78, 5) is 4.14. The summed E-state index contributed by atoms with van der Waals surface area (Å²) >= 11 is 0. The Morgan fingerprint density at radius 3 is 2.73 bits per heavy atom. The van der Waals surface area contributed by atoms with Gasteiger partial charge in [-0.3, -0.25) is 9.72 Å². The van der Waals surface area contributed by atoms with Crippen molar-refractivity contribution in [3.8, 4) is 11.3 Å². The number of aromatic nitrogens is 4. The molecule has 2 atom stereocenters. The van der Waals surface area contributed by atoms with Crippen LogP contribution in [0.25, 0.3) is 16.8 Å². The topological polar surface area (TPSA) is 87.4 Å². The maximum atomic E-state index is 13.3. The van der Waals surface area contributed by atoms with E-state index < -0.39 is 18.8 Å². The minimum absolute atomic E-state index is 0.195. The van der Waals surface area contributed by atoms with Crippen molar-refractivity contribution in [3.05, 3.63) is 41.9 Å². The predicted octanol–water partition coefficient (Wildman–Crippen LogP) is 2.87. The summed E-state index contributed by atoms with van der Waals surface area (Å²) in [6.07, 6.45) is -0.229. The SMILES string of the molecule is OC1NCCC1Nc1nnc(-c2ccc(C3CC3)cc2CC(F)(F)F)c2cncn12. The molecule has 0 amide bonds. The number of halogens is 3. The maximum Gasteiger partial charge on any atom is 0.393 e. The zero-order valence-electron chi connectivity index (χ0n) is 16.0. The van der Waals surface area contributed by atoms with Gasteiger partial charge in [0.1, 0.15) is 18.2 Å². The summed E-state index contributed by atoms with van der Waals surface area (Å²) in [7, 11) is 0. The Balaban J connectivity index is 1.56. The first kappa shape index (κ1) is 19.3. The highest BCUT2D eigenvalue weighted by atomic mass is 19.4. The lowest BCUT2D eigenvalue weighted by atomic mass is 9.96. The standard InChI is InChI=1S/C20H21F3N6O/c21-20(22,23)8-13-7-12(11-1-2-11)3-4-14(13)17-16-9-24-10-29(16)19(28-27-17)26-15-5-6-25-18(15)30/h3-4,7,9-11,15,18,25,30H,1-2,5-6,8H2,(H,26,28). The van der Waals surface area contributed by atoms with Gasteiger partial charge < -0.3 is 10.4 Å². The summed E-state index contributed by atoms with van der Waals surface area (Å²) < 4.78 is 41.5.